The third-order valence-corrected chi connectivity index (χ3v) is 4.32. The number of hydrogen-bond acceptors (Lipinski definition) is 3. The zero-order valence-electron chi connectivity index (χ0n) is 11.2. The smallest absolute Gasteiger partial charge is 0.225 e. The average Bonchev–Trinajstić information content (AvgIpc) is 2.37. The van der Waals surface area contributed by atoms with Crippen LogP contribution in [0, 0.1) is 5.92 Å². The first-order valence-corrected chi connectivity index (χ1v) is 7.14. The summed E-state index contributed by atoms with van der Waals surface area (Å²) in [5, 5.41) is 0. The molecule has 4 nitrogen and oxygen atoms in total. The number of nitrogen functional groups attached to an aromatic ring is 1. The minimum Gasteiger partial charge on any atom is -0.397 e. The topological polar surface area (TPSA) is 49.6 Å². The minimum absolute atomic E-state index is 0.313. The molecule has 4 heteroatoms. The molecule has 0 bridgehead atoms. The van der Waals surface area contributed by atoms with Gasteiger partial charge in [-0.15, -0.1) is 0 Å². The van der Waals surface area contributed by atoms with Crippen molar-refractivity contribution in [2.75, 3.05) is 36.8 Å². The second-order valence-corrected chi connectivity index (χ2v) is 5.50. The Morgan fingerprint density at radius 3 is 2.37 bits per heavy atom. The summed E-state index contributed by atoms with van der Waals surface area (Å²) in [7, 11) is 0. The summed E-state index contributed by atoms with van der Waals surface area (Å²) in [5.41, 5.74) is 7.92. The number of rotatable bonds is 2. The van der Waals surface area contributed by atoms with E-state index in [0.717, 1.165) is 50.4 Å². The van der Waals surface area contributed by atoms with E-state index in [-0.39, 0.29) is 0 Å². The summed E-state index contributed by atoms with van der Waals surface area (Å²) in [6.45, 7) is 3.41. The van der Waals surface area contributed by atoms with Gasteiger partial charge in [-0.1, -0.05) is 18.6 Å². The van der Waals surface area contributed by atoms with Gasteiger partial charge in [0.15, 0.2) is 0 Å². The van der Waals surface area contributed by atoms with Crippen molar-refractivity contribution in [2.45, 2.75) is 19.3 Å². The molecule has 0 unspecified atom stereocenters. The van der Waals surface area contributed by atoms with Crippen molar-refractivity contribution < 1.29 is 4.79 Å². The molecular weight excluding hydrogens is 238 g/mol. The maximum atomic E-state index is 12.2. The highest BCUT2D eigenvalue weighted by Gasteiger charge is 2.31. The van der Waals surface area contributed by atoms with Crippen LogP contribution in [-0.4, -0.2) is 37.0 Å². The van der Waals surface area contributed by atoms with Gasteiger partial charge in [-0.05, 0) is 25.0 Å². The van der Waals surface area contributed by atoms with Gasteiger partial charge in [0.1, 0.15) is 0 Å². The van der Waals surface area contributed by atoms with Gasteiger partial charge in [0.2, 0.25) is 5.91 Å². The van der Waals surface area contributed by atoms with Crippen LogP contribution >= 0.6 is 0 Å². The molecule has 1 saturated heterocycles. The Kier molecular flexibility index (Phi) is 3.32. The lowest BCUT2D eigenvalue weighted by molar-refractivity contribution is -0.138. The molecular formula is C15H21N3O. The van der Waals surface area contributed by atoms with Crippen molar-refractivity contribution in [3.63, 3.8) is 0 Å². The molecule has 2 N–H and O–H groups in total. The Morgan fingerprint density at radius 1 is 1.11 bits per heavy atom. The second-order valence-electron chi connectivity index (χ2n) is 5.50. The number of nitrogens with two attached hydrogens (primary N) is 1. The maximum Gasteiger partial charge on any atom is 0.225 e. The first-order chi connectivity index (χ1) is 9.25. The van der Waals surface area contributed by atoms with Crippen LogP contribution in [0.5, 0.6) is 0 Å². The van der Waals surface area contributed by atoms with Crippen molar-refractivity contribution in [2.24, 2.45) is 5.92 Å². The molecule has 0 aromatic heterocycles. The average molecular weight is 259 g/mol. The summed E-state index contributed by atoms with van der Waals surface area (Å²) >= 11 is 0. The lowest BCUT2D eigenvalue weighted by atomic mass is 9.84. The fourth-order valence-electron chi connectivity index (χ4n) is 2.86. The quantitative estimate of drug-likeness (QED) is 0.823. The van der Waals surface area contributed by atoms with Gasteiger partial charge in [-0.2, -0.15) is 0 Å². The van der Waals surface area contributed by atoms with Gasteiger partial charge in [-0.25, -0.2) is 0 Å². The molecule has 1 aliphatic carbocycles. The predicted octanol–water partition coefficient (Wildman–Crippen LogP) is 1.72. The monoisotopic (exact) mass is 259 g/mol. The molecule has 3 rings (SSSR count). The number of carbonyl (C=O) groups excluding carboxylic acids is 1. The lowest BCUT2D eigenvalue weighted by Crippen LogP contribution is -2.51. The fourth-order valence-corrected chi connectivity index (χ4v) is 2.86. The Labute approximate surface area is 114 Å². The normalized spacial score (nSPS) is 20.2. The van der Waals surface area contributed by atoms with Gasteiger partial charge in [0.05, 0.1) is 11.4 Å². The molecule has 1 amide bonds. The van der Waals surface area contributed by atoms with E-state index in [2.05, 4.69) is 11.0 Å². The third-order valence-electron chi connectivity index (χ3n) is 4.32. The highest BCUT2D eigenvalue weighted by Crippen LogP contribution is 2.29. The number of benzene rings is 1. The van der Waals surface area contributed by atoms with E-state index in [1.165, 1.54) is 6.42 Å². The Balaban J connectivity index is 1.60. The maximum absolute atomic E-state index is 12.2. The summed E-state index contributed by atoms with van der Waals surface area (Å²) in [6, 6.07) is 7.95. The molecule has 19 heavy (non-hydrogen) atoms. The summed E-state index contributed by atoms with van der Waals surface area (Å²) in [4.78, 5) is 16.5. The van der Waals surface area contributed by atoms with Crippen molar-refractivity contribution in [1.29, 1.82) is 0 Å². The number of carbonyl (C=O) groups is 1. The third kappa shape index (κ3) is 2.39. The van der Waals surface area contributed by atoms with Crippen LogP contribution in [0.3, 0.4) is 0 Å². The van der Waals surface area contributed by atoms with E-state index in [0.29, 0.717) is 11.8 Å². The molecule has 1 aromatic rings. The predicted molar refractivity (Wildman–Crippen MR) is 77.0 cm³/mol. The highest BCUT2D eigenvalue weighted by atomic mass is 16.2. The second kappa shape index (κ2) is 5.11. The number of para-hydroxylation sites is 2. The first kappa shape index (κ1) is 12.3. The van der Waals surface area contributed by atoms with Gasteiger partial charge < -0.3 is 15.5 Å². The summed E-state index contributed by atoms with van der Waals surface area (Å²) in [5.74, 6) is 0.681. The van der Waals surface area contributed by atoms with Crippen LogP contribution in [0.1, 0.15) is 19.3 Å². The number of hydrogen-bond donors (Lipinski definition) is 1. The van der Waals surface area contributed by atoms with Gasteiger partial charge in [0, 0.05) is 32.1 Å². The van der Waals surface area contributed by atoms with Crippen LogP contribution in [-0.2, 0) is 4.79 Å². The van der Waals surface area contributed by atoms with E-state index in [4.69, 9.17) is 5.73 Å². The van der Waals surface area contributed by atoms with E-state index >= 15 is 0 Å². The van der Waals surface area contributed by atoms with E-state index < -0.39 is 0 Å². The standard InChI is InChI=1S/C15H21N3O/c16-13-6-1-2-7-14(13)17-8-10-18(11-9-17)15(19)12-4-3-5-12/h1-2,6-7,12H,3-5,8-11,16H2. The molecule has 1 saturated carbocycles. The van der Waals surface area contributed by atoms with Crippen LogP contribution < -0.4 is 10.6 Å². The molecule has 0 radical (unpaired) electrons. The lowest BCUT2D eigenvalue weighted by Gasteiger charge is -2.39. The Hall–Kier alpha value is -1.71. The molecule has 0 atom stereocenters. The van der Waals surface area contributed by atoms with E-state index in [1.807, 2.05) is 23.1 Å². The van der Waals surface area contributed by atoms with E-state index in [9.17, 15) is 4.79 Å². The van der Waals surface area contributed by atoms with Crippen molar-refractivity contribution >= 4 is 17.3 Å². The van der Waals surface area contributed by atoms with Crippen LogP contribution in [0.2, 0.25) is 0 Å². The van der Waals surface area contributed by atoms with Crippen molar-refractivity contribution in [3.05, 3.63) is 24.3 Å². The van der Waals surface area contributed by atoms with Crippen LogP contribution in [0.15, 0.2) is 24.3 Å². The Bertz CT molecular complexity index is 462. The molecule has 102 valence electrons. The molecule has 2 aliphatic rings. The zero-order chi connectivity index (χ0) is 13.2. The first-order valence-electron chi connectivity index (χ1n) is 7.14. The SMILES string of the molecule is Nc1ccccc1N1CCN(C(=O)C2CCC2)CC1. The van der Waals surface area contributed by atoms with Crippen LogP contribution in [0.25, 0.3) is 0 Å². The molecule has 1 heterocycles. The number of amides is 1. The van der Waals surface area contributed by atoms with Crippen molar-refractivity contribution in [1.82, 2.24) is 4.90 Å². The number of anilines is 2. The van der Waals surface area contributed by atoms with Gasteiger partial charge in [-0.3, -0.25) is 4.79 Å². The van der Waals surface area contributed by atoms with Gasteiger partial charge in [0.25, 0.3) is 0 Å². The molecule has 2 fully saturated rings. The zero-order valence-corrected chi connectivity index (χ0v) is 11.2. The van der Waals surface area contributed by atoms with Crippen molar-refractivity contribution in [3.8, 4) is 0 Å². The Morgan fingerprint density at radius 2 is 1.79 bits per heavy atom. The summed E-state index contributed by atoms with van der Waals surface area (Å²) in [6.07, 6.45) is 3.40. The summed E-state index contributed by atoms with van der Waals surface area (Å²) < 4.78 is 0. The van der Waals surface area contributed by atoms with E-state index in [1.54, 1.807) is 0 Å². The molecule has 1 aromatic carbocycles. The highest BCUT2D eigenvalue weighted by molar-refractivity contribution is 5.80. The largest absolute Gasteiger partial charge is 0.397 e. The minimum atomic E-state index is 0.313. The van der Waals surface area contributed by atoms with Crippen LogP contribution in [0.4, 0.5) is 11.4 Å². The number of piperazine rings is 1. The molecule has 1 aliphatic heterocycles. The molecule has 0 spiro atoms. The fraction of sp³-hybridized carbons (Fsp3) is 0.533. The van der Waals surface area contributed by atoms with Gasteiger partial charge >= 0.3 is 0 Å². The number of nitrogens with zero attached hydrogens (tertiary/aromatic N) is 2.